The van der Waals surface area contributed by atoms with Gasteiger partial charge in [0.05, 0.1) is 43.8 Å². The molecule has 4 aliphatic heterocycles. The molecule has 2 aromatic carbocycles. The van der Waals surface area contributed by atoms with E-state index in [0.29, 0.717) is 42.4 Å². The average molecular weight is 630 g/mol. The van der Waals surface area contributed by atoms with Crippen molar-refractivity contribution in [3.63, 3.8) is 0 Å². The fraction of sp³-hybridized carbons (Fsp3) is 0.472. The van der Waals surface area contributed by atoms with E-state index in [9.17, 15) is 19.5 Å². The molecule has 1 spiro atoms. The lowest BCUT2D eigenvalue weighted by atomic mass is 9.73. The Hall–Kier alpha value is -4.15. The number of nitrogens with zero attached hydrogens (tertiary/aromatic N) is 3. The Morgan fingerprint density at radius 3 is 1.98 bits per heavy atom. The Balaban J connectivity index is 1.48. The summed E-state index contributed by atoms with van der Waals surface area (Å²) in [5, 5.41) is 10.6. The van der Waals surface area contributed by atoms with Crippen LogP contribution in [0.3, 0.4) is 0 Å². The van der Waals surface area contributed by atoms with Gasteiger partial charge in [-0.3, -0.25) is 14.4 Å². The topological polar surface area (TPSA) is 109 Å². The highest BCUT2D eigenvalue weighted by Crippen LogP contribution is 2.59. The maximum Gasteiger partial charge on any atom is 0.253 e. The number of fused-ring (bicyclic) bond motifs is 2. The Labute approximate surface area is 270 Å². The first-order valence-corrected chi connectivity index (χ1v) is 16.1. The quantitative estimate of drug-likeness (QED) is 0.418. The molecule has 1 N–H and O–H groups in total. The van der Waals surface area contributed by atoms with Gasteiger partial charge < -0.3 is 34.0 Å². The number of likely N-dealkylation sites (tertiary alicyclic amines) is 1. The van der Waals surface area contributed by atoms with Crippen LogP contribution in [0, 0.1) is 17.8 Å². The number of hydrogen-bond acceptors (Lipinski definition) is 7. The van der Waals surface area contributed by atoms with Gasteiger partial charge in [-0.15, -0.1) is 0 Å². The number of carbonyl (C=O) groups excluding carboxylic acids is 3. The zero-order chi connectivity index (χ0) is 32.8. The predicted molar refractivity (Wildman–Crippen MR) is 174 cm³/mol. The Morgan fingerprint density at radius 2 is 1.43 bits per heavy atom. The highest BCUT2D eigenvalue weighted by molar-refractivity contribution is 6.07. The molecule has 6 atom stereocenters. The lowest BCUT2D eigenvalue weighted by molar-refractivity contribution is -0.150. The van der Waals surface area contributed by atoms with Gasteiger partial charge in [0, 0.05) is 24.5 Å². The van der Waals surface area contributed by atoms with Crippen LogP contribution in [-0.4, -0.2) is 84.4 Å². The summed E-state index contributed by atoms with van der Waals surface area (Å²) in [6, 6.07) is 12.8. The van der Waals surface area contributed by atoms with Gasteiger partial charge in [-0.1, -0.05) is 45.1 Å². The van der Waals surface area contributed by atoms with Crippen LogP contribution in [0.15, 0.2) is 72.8 Å². The van der Waals surface area contributed by atoms with Gasteiger partial charge in [-0.05, 0) is 67.8 Å². The third kappa shape index (κ3) is 4.81. The van der Waals surface area contributed by atoms with Gasteiger partial charge >= 0.3 is 0 Å². The summed E-state index contributed by atoms with van der Waals surface area (Å²) < 4.78 is 18.0. The molecule has 244 valence electrons. The zero-order valence-electron chi connectivity index (χ0n) is 27.1. The minimum atomic E-state index is -1.43. The molecule has 6 rings (SSSR count). The summed E-state index contributed by atoms with van der Waals surface area (Å²) in [5.41, 5.74) is -1.23. The molecule has 2 fully saturated rings. The number of hydrogen-bond donors (Lipinski definition) is 1. The van der Waals surface area contributed by atoms with Crippen LogP contribution in [0.4, 0.5) is 11.4 Å². The van der Waals surface area contributed by atoms with E-state index < -0.39 is 35.1 Å². The molecule has 0 bridgehead atoms. The molecule has 0 aliphatic carbocycles. The number of carbonyl (C=O) groups is 3. The smallest absolute Gasteiger partial charge is 0.253 e. The van der Waals surface area contributed by atoms with E-state index in [1.54, 1.807) is 41.2 Å². The maximum atomic E-state index is 14.9. The number of aliphatic hydroxyl groups is 1. The first kappa shape index (κ1) is 31.8. The molecule has 0 radical (unpaired) electrons. The van der Waals surface area contributed by atoms with E-state index in [1.165, 1.54) is 4.90 Å². The molecule has 0 saturated carbocycles. The molecule has 10 nitrogen and oxygen atoms in total. The van der Waals surface area contributed by atoms with E-state index in [4.69, 9.17) is 14.2 Å². The van der Waals surface area contributed by atoms with Crippen LogP contribution in [0.1, 0.15) is 34.1 Å². The highest BCUT2D eigenvalue weighted by atomic mass is 16.5. The summed E-state index contributed by atoms with van der Waals surface area (Å²) in [5.74, 6) is -1.62. The van der Waals surface area contributed by atoms with E-state index in [1.807, 2.05) is 76.3 Å². The molecule has 3 amide bonds. The number of ether oxygens (including phenoxy) is 3. The maximum absolute atomic E-state index is 14.9. The number of methoxy groups -OCH3 is 1. The number of rotatable bonds is 9. The molecular weight excluding hydrogens is 586 g/mol. The minimum Gasteiger partial charge on any atom is -0.497 e. The van der Waals surface area contributed by atoms with Crippen molar-refractivity contribution in [1.29, 1.82) is 0 Å². The van der Waals surface area contributed by atoms with Gasteiger partial charge in [0.15, 0.2) is 0 Å². The summed E-state index contributed by atoms with van der Waals surface area (Å²) in [6.45, 7) is 8.44. The molecule has 2 aromatic rings. The Morgan fingerprint density at radius 1 is 0.848 bits per heavy atom. The number of aliphatic hydroxyl groups excluding tert-OH is 1. The largest absolute Gasteiger partial charge is 0.497 e. The second kappa shape index (κ2) is 12.2. The summed E-state index contributed by atoms with van der Waals surface area (Å²) in [4.78, 5) is 49.3. The zero-order valence-corrected chi connectivity index (χ0v) is 27.1. The number of benzene rings is 2. The van der Waals surface area contributed by atoms with E-state index >= 15 is 0 Å². The van der Waals surface area contributed by atoms with Crippen LogP contribution in [0.25, 0.3) is 0 Å². The van der Waals surface area contributed by atoms with Crippen molar-refractivity contribution in [2.24, 2.45) is 17.8 Å². The third-order valence-corrected chi connectivity index (χ3v) is 10.0. The van der Waals surface area contributed by atoms with Crippen LogP contribution in [0.5, 0.6) is 11.5 Å². The van der Waals surface area contributed by atoms with E-state index in [2.05, 4.69) is 0 Å². The second-order valence-electron chi connectivity index (χ2n) is 12.7. The van der Waals surface area contributed by atoms with Gasteiger partial charge in [0.2, 0.25) is 11.8 Å². The highest BCUT2D eigenvalue weighted by Gasteiger charge is 2.76. The molecule has 46 heavy (non-hydrogen) atoms. The first-order chi connectivity index (χ1) is 22.2. The lowest BCUT2D eigenvalue weighted by Crippen LogP contribution is -2.60. The SMILES string of the molecule is CCOc1ccc(N2CC=C[C@]3(CC)O[C@]45C=CCN(c6ccc(OC)cc6)C(=O)C4N([C@@H](CO)C(C)C)C(=O)[C@@H]5[C@@H]3C2=O)cc1. The van der Waals surface area contributed by atoms with Crippen LogP contribution in [-0.2, 0) is 19.1 Å². The summed E-state index contributed by atoms with van der Waals surface area (Å²) in [7, 11) is 1.58. The molecule has 4 aliphatic rings. The average Bonchev–Trinajstić information content (AvgIpc) is 3.34. The van der Waals surface area contributed by atoms with Gasteiger partial charge in [-0.25, -0.2) is 0 Å². The van der Waals surface area contributed by atoms with E-state index in [0.717, 1.165) is 0 Å². The van der Waals surface area contributed by atoms with Crippen molar-refractivity contribution in [1.82, 2.24) is 4.90 Å². The van der Waals surface area contributed by atoms with Crippen LogP contribution < -0.4 is 19.3 Å². The Bertz CT molecular complexity index is 1540. The number of anilines is 2. The second-order valence-corrected chi connectivity index (χ2v) is 12.7. The monoisotopic (exact) mass is 629 g/mol. The molecular formula is C36H43N3O7. The van der Waals surface area contributed by atoms with Crippen molar-refractivity contribution >= 4 is 29.1 Å². The van der Waals surface area contributed by atoms with Crippen molar-refractivity contribution in [3.05, 3.63) is 72.8 Å². The molecule has 10 heteroatoms. The fourth-order valence-corrected chi connectivity index (χ4v) is 7.79. The first-order valence-electron chi connectivity index (χ1n) is 16.1. The summed E-state index contributed by atoms with van der Waals surface area (Å²) in [6.07, 6.45) is 7.96. The normalized spacial score (nSPS) is 29.4. The third-order valence-electron chi connectivity index (χ3n) is 10.0. The van der Waals surface area contributed by atoms with Crippen LogP contribution >= 0.6 is 0 Å². The lowest BCUT2D eigenvalue weighted by Gasteiger charge is -2.41. The molecule has 4 heterocycles. The van der Waals surface area contributed by atoms with Gasteiger partial charge in [0.25, 0.3) is 5.91 Å². The van der Waals surface area contributed by atoms with Crippen molar-refractivity contribution in [2.75, 3.05) is 43.2 Å². The predicted octanol–water partition coefficient (Wildman–Crippen LogP) is 3.98. The van der Waals surface area contributed by atoms with Crippen molar-refractivity contribution in [3.8, 4) is 11.5 Å². The molecule has 0 aromatic heterocycles. The van der Waals surface area contributed by atoms with Gasteiger partial charge in [0.1, 0.15) is 23.1 Å². The standard InChI is InChI=1S/C36H43N3O7/c1-6-35-18-8-20-37(24-12-16-27(17-13-24)45-7-2)32(41)29(35)30-33(42)39(28(22-40)23(3)4)31-34(43)38(21-9-19-36(30,31)46-35)25-10-14-26(44-5)15-11-25/h8-19,23,28-31,40H,6-7,20-22H2,1-5H3/t28-,29+,30-,31?,35-,36-/m0/s1. The molecule has 1 unspecified atom stereocenters. The van der Waals surface area contributed by atoms with E-state index in [-0.39, 0.29) is 36.8 Å². The van der Waals surface area contributed by atoms with Crippen molar-refractivity contribution < 1.29 is 33.7 Å². The van der Waals surface area contributed by atoms with Gasteiger partial charge in [-0.2, -0.15) is 0 Å². The number of amides is 3. The fourth-order valence-electron chi connectivity index (χ4n) is 7.79. The Kier molecular flexibility index (Phi) is 8.45. The minimum absolute atomic E-state index is 0.166. The molecule has 2 saturated heterocycles. The summed E-state index contributed by atoms with van der Waals surface area (Å²) >= 11 is 0. The van der Waals surface area contributed by atoms with Crippen molar-refractivity contribution in [2.45, 2.75) is 57.4 Å². The van der Waals surface area contributed by atoms with Crippen LogP contribution in [0.2, 0.25) is 0 Å².